The monoisotopic (exact) mass is 278 g/mol. The topological polar surface area (TPSA) is 57.7 Å². The molecule has 0 radical (unpaired) electrons. The van der Waals surface area contributed by atoms with Crippen LogP contribution in [0.2, 0.25) is 0 Å². The second-order valence-corrected chi connectivity index (χ2v) is 5.09. The van der Waals surface area contributed by atoms with E-state index in [0.29, 0.717) is 13.2 Å². The van der Waals surface area contributed by atoms with Gasteiger partial charge in [-0.3, -0.25) is 9.69 Å². The number of aromatic nitrogens is 1. The van der Waals surface area contributed by atoms with Gasteiger partial charge in [0.2, 0.25) is 5.91 Å². The fourth-order valence-corrected chi connectivity index (χ4v) is 2.36. The van der Waals surface area contributed by atoms with Crippen molar-refractivity contribution in [3.63, 3.8) is 0 Å². The number of amides is 1. The number of ether oxygens (including phenoxy) is 1. The number of pyridine rings is 1. The first-order valence-electron chi connectivity index (χ1n) is 6.78. The molecule has 1 fully saturated rings. The second kappa shape index (κ2) is 6.67. The van der Waals surface area contributed by atoms with Crippen LogP contribution in [-0.2, 0) is 16.1 Å². The number of rotatable bonds is 4. The van der Waals surface area contributed by atoms with Gasteiger partial charge in [-0.15, -0.1) is 0 Å². The lowest BCUT2D eigenvalue weighted by molar-refractivity contribution is -0.138. The second-order valence-electron chi connectivity index (χ2n) is 5.09. The van der Waals surface area contributed by atoms with Crippen LogP contribution in [0.1, 0.15) is 5.56 Å². The fraction of sp³-hybridized carbons (Fsp3) is 0.571. The van der Waals surface area contributed by atoms with Crippen molar-refractivity contribution in [2.24, 2.45) is 0 Å². The van der Waals surface area contributed by atoms with Gasteiger partial charge < -0.3 is 15.0 Å². The van der Waals surface area contributed by atoms with E-state index < -0.39 is 0 Å². The third kappa shape index (κ3) is 3.46. The van der Waals surface area contributed by atoms with E-state index in [0.717, 1.165) is 24.5 Å². The summed E-state index contributed by atoms with van der Waals surface area (Å²) < 4.78 is 5.50. The van der Waals surface area contributed by atoms with Crippen molar-refractivity contribution in [3.8, 4) is 0 Å². The summed E-state index contributed by atoms with van der Waals surface area (Å²) in [4.78, 5) is 20.3. The first-order chi connectivity index (χ1) is 9.61. The zero-order valence-corrected chi connectivity index (χ0v) is 12.3. The van der Waals surface area contributed by atoms with Gasteiger partial charge in [0.05, 0.1) is 6.61 Å². The largest absolute Gasteiger partial charge is 0.366 e. The molecule has 1 atom stereocenters. The van der Waals surface area contributed by atoms with E-state index in [1.807, 2.05) is 25.1 Å². The molecule has 20 heavy (non-hydrogen) atoms. The summed E-state index contributed by atoms with van der Waals surface area (Å²) in [7, 11) is 5.60. The Hall–Kier alpha value is -1.66. The molecule has 110 valence electrons. The summed E-state index contributed by atoms with van der Waals surface area (Å²) in [5.41, 5.74) is 1.16. The zero-order chi connectivity index (χ0) is 14.5. The van der Waals surface area contributed by atoms with Crippen molar-refractivity contribution in [2.75, 3.05) is 45.7 Å². The Morgan fingerprint density at radius 3 is 3.10 bits per heavy atom. The predicted octanol–water partition coefficient (Wildman–Crippen LogP) is 0.0944. The third-order valence-electron chi connectivity index (χ3n) is 3.37. The Morgan fingerprint density at radius 1 is 1.60 bits per heavy atom. The summed E-state index contributed by atoms with van der Waals surface area (Å²) in [6.45, 7) is 2.80. The van der Waals surface area contributed by atoms with Gasteiger partial charge in [0.15, 0.2) is 0 Å². The third-order valence-corrected chi connectivity index (χ3v) is 3.37. The number of hydrogen-bond acceptors (Lipinski definition) is 5. The van der Waals surface area contributed by atoms with Crippen LogP contribution in [-0.4, -0.2) is 62.7 Å². The van der Waals surface area contributed by atoms with Gasteiger partial charge >= 0.3 is 0 Å². The molecule has 1 aromatic rings. The molecular weight excluding hydrogens is 256 g/mol. The Kier molecular flexibility index (Phi) is 4.92. The zero-order valence-electron chi connectivity index (χ0n) is 12.3. The molecule has 1 N–H and O–H groups in total. The maximum Gasteiger partial charge on any atom is 0.250 e. The van der Waals surface area contributed by atoms with E-state index in [1.54, 1.807) is 13.2 Å². The Bertz CT molecular complexity index is 464. The normalized spacial score (nSPS) is 19.6. The van der Waals surface area contributed by atoms with Crippen molar-refractivity contribution < 1.29 is 9.53 Å². The van der Waals surface area contributed by atoms with Crippen molar-refractivity contribution in [1.82, 2.24) is 15.2 Å². The number of anilines is 1. The molecule has 0 bridgehead atoms. The summed E-state index contributed by atoms with van der Waals surface area (Å²) in [5, 5.41) is 2.64. The Balaban J connectivity index is 2.04. The maximum absolute atomic E-state index is 11.7. The molecule has 1 amide bonds. The molecule has 0 saturated carbocycles. The number of likely N-dealkylation sites (N-methyl/N-ethyl adjacent to an activating group) is 1. The van der Waals surface area contributed by atoms with Gasteiger partial charge in [0.1, 0.15) is 11.9 Å². The van der Waals surface area contributed by atoms with Crippen LogP contribution >= 0.6 is 0 Å². The molecule has 1 aromatic heterocycles. The molecule has 2 rings (SSSR count). The van der Waals surface area contributed by atoms with Crippen LogP contribution in [0, 0.1) is 0 Å². The molecule has 0 aliphatic carbocycles. The molecule has 1 aliphatic heterocycles. The first kappa shape index (κ1) is 14.7. The van der Waals surface area contributed by atoms with Crippen molar-refractivity contribution >= 4 is 11.7 Å². The Morgan fingerprint density at radius 2 is 2.40 bits per heavy atom. The van der Waals surface area contributed by atoms with Gasteiger partial charge in [-0.1, -0.05) is 6.07 Å². The highest BCUT2D eigenvalue weighted by Gasteiger charge is 2.26. The number of nitrogens with zero attached hydrogens (tertiary/aromatic N) is 3. The van der Waals surface area contributed by atoms with Gasteiger partial charge in [-0.05, 0) is 6.07 Å². The minimum atomic E-state index is -0.381. The van der Waals surface area contributed by atoms with Crippen LogP contribution in [0.4, 0.5) is 5.82 Å². The minimum absolute atomic E-state index is 0.0614. The molecule has 6 heteroatoms. The lowest BCUT2D eigenvalue weighted by atomic mass is 10.2. The molecule has 2 heterocycles. The van der Waals surface area contributed by atoms with Gasteiger partial charge in [0, 0.05) is 52.5 Å². The van der Waals surface area contributed by atoms with E-state index in [4.69, 9.17) is 4.74 Å². The van der Waals surface area contributed by atoms with E-state index in [1.165, 1.54) is 0 Å². The predicted molar refractivity (Wildman–Crippen MR) is 77.6 cm³/mol. The maximum atomic E-state index is 11.7. The summed E-state index contributed by atoms with van der Waals surface area (Å²) in [5.74, 6) is 0.907. The van der Waals surface area contributed by atoms with Crippen LogP contribution in [0.3, 0.4) is 0 Å². The number of nitrogens with one attached hydrogen (secondary N) is 1. The van der Waals surface area contributed by atoms with Crippen LogP contribution in [0.5, 0.6) is 0 Å². The molecule has 1 saturated heterocycles. The van der Waals surface area contributed by atoms with E-state index in [-0.39, 0.29) is 12.0 Å². The number of hydrogen-bond donors (Lipinski definition) is 1. The van der Waals surface area contributed by atoms with E-state index in [9.17, 15) is 4.79 Å². The highest BCUT2D eigenvalue weighted by atomic mass is 16.5. The molecule has 1 aliphatic rings. The smallest absolute Gasteiger partial charge is 0.250 e. The quantitative estimate of drug-likeness (QED) is 0.846. The lowest BCUT2D eigenvalue weighted by Gasteiger charge is -2.32. The van der Waals surface area contributed by atoms with Crippen LogP contribution < -0.4 is 10.2 Å². The summed E-state index contributed by atoms with van der Waals surface area (Å²) in [6.07, 6.45) is 1.42. The summed E-state index contributed by atoms with van der Waals surface area (Å²) in [6, 6.07) is 4.02. The Labute approximate surface area is 119 Å². The van der Waals surface area contributed by atoms with Gasteiger partial charge in [0.25, 0.3) is 0 Å². The molecule has 6 nitrogen and oxygen atoms in total. The number of carbonyl (C=O) groups is 1. The average Bonchev–Trinajstić information content (AvgIpc) is 2.47. The summed E-state index contributed by atoms with van der Waals surface area (Å²) >= 11 is 0. The first-order valence-corrected chi connectivity index (χ1v) is 6.78. The van der Waals surface area contributed by atoms with Crippen molar-refractivity contribution in [1.29, 1.82) is 0 Å². The van der Waals surface area contributed by atoms with Crippen molar-refractivity contribution in [3.05, 3.63) is 23.9 Å². The molecule has 0 spiro atoms. The van der Waals surface area contributed by atoms with Crippen LogP contribution in [0.25, 0.3) is 0 Å². The SMILES string of the molecule is CNC(=O)C1CN(Cc2cccnc2N(C)C)CCO1. The fourth-order valence-electron chi connectivity index (χ4n) is 2.36. The van der Waals surface area contributed by atoms with E-state index in [2.05, 4.69) is 21.3 Å². The highest BCUT2D eigenvalue weighted by molar-refractivity contribution is 5.80. The lowest BCUT2D eigenvalue weighted by Crippen LogP contribution is -2.48. The molecule has 1 unspecified atom stereocenters. The van der Waals surface area contributed by atoms with Crippen molar-refractivity contribution in [2.45, 2.75) is 12.6 Å². The van der Waals surface area contributed by atoms with Gasteiger partial charge in [-0.25, -0.2) is 4.98 Å². The standard InChI is InChI=1S/C14H22N4O2/c1-15-14(19)12-10-18(7-8-20-12)9-11-5-4-6-16-13(11)17(2)3/h4-6,12H,7-10H2,1-3H3,(H,15,19). The van der Waals surface area contributed by atoms with E-state index >= 15 is 0 Å². The number of morpholine rings is 1. The number of carbonyl (C=O) groups excluding carboxylic acids is 1. The molecular formula is C14H22N4O2. The average molecular weight is 278 g/mol. The minimum Gasteiger partial charge on any atom is -0.366 e. The molecule has 0 aromatic carbocycles. The van der Waals surface area contributed by atoms with Gasteiger partial charge in [-0.2, -0.15) is 0 Å². The van der Waals surface area contributed by atoms with Crippen LogP contribution in [0.15, 0.2) is 18.3 Å². The highest BCUT2D eigenvalue weighted by Crippen LogP contribution is 2.18.